The van der Waals surface area contributed by atoms with Crippen LogP contribution in [0.5, 0.6) is 5.75 Å². The molecule has 0 unspecified atom stereocenters. The molecule has 2 rings (SSSR count). The van der Waals surface area contributed by atoms with E-state index >= 15 is 0 Å². The first-order valence-electron chi connectivity index (χ1n) is 7.17. The fourth-order valence-corrected chi connectivity index (χ4v) is 2.17. The van der Waals surface area contributed by atoms with Crippen LogP contribution in [0.2, 0.25) is 0 Å². The van der Waals surface area contributed by atoms with Crippen molar-refractivity contribution in [3.63, 3.8) is 0 Å². The van der Waals surface area contributed by atoms with Crippen molar-refractivity contribution in [2.24, 2.45) is 0 Å². The van der Waals surface area contributed by atoms with Gasteiger partial charge in [0.2, 0.25) is 0 Å². The highest BCUT2D eigenvalue weighted by Gasteiger charge is 2.30. The first-order chi connectivity index (χ1) is 11.5. The number of methoxy groups -OCH3 is 1. The van der Waals surface area contributed by atoms with Gasteiger partial charge in [0, 0.05) is 5.56 Å². The summed E-state index contributed by atoms with van der Waals surface area (Å²) in [6.45, 7) is 0. The van der Waals surface area contributed by atoms with Crippen LogP contribution in [-0.2, 0) is 25.5 Å². The van der Waals surface area contributed by atoms with E-state index in [4.69, 9.17) is 4.74 Å². The van der Waals surface area contributed by atoms with Crippen molar-refractivity contribution in [2.75, 3.05) is 7.11 Å². The predicted octanol–water partition coefficient (Wildman–Crippen LogP) is 2.18. The third-order valence-electron chi connectivity index (χ3n) is 3.36. The second-order valence-corrected chi connectivity index (χ2v) is 4.96. The molecule has 0 radical (unpaired) electrons. The van der Waals surface area contributed by atoms with Crippen molar-refractivity contribution in [2.45, 2.75) is 12.3 Å². The number of hydrogen-bond acceptors (Lipinski definition) is 5. The van der Waals surface area contributed by atoms with Crippen molar-refractivity contribution < 1.29 is 29.0 Å². The summed E-state index contributed by atoms with van der Waals surface area (Å²) in [5.41, 5.74) is 0.760. The van der Waals surface area contributed by atoms with Crippen LogP contribution in [0.1, 0.15) is 17.0 Å². The van der Waals surface area contributed by atoms with Crippen molar-refractivity contribution in [1.29, 1.82) is 0 Å². The van der Waals surface area contributed by atoms with Gasteiger partial charge in [0.1, 0.15) is 5.75 Å². The lowest BCUT2D eigenvalue weighted by molar-refractivity contribution is -0.149. The highest BCUT2D eigenvalue weighted by atomic mass is 16.5. The minimum atomic E-state index is -1.45. The fourth-order valence-electron chi connectivity index (χ4n) is 2.17. The van der Waals surface area contributed by atoms with E-state index in [9.17, 15) is 19.5 Å². The van der Waals surface area contributed by atoms with E-state index in [2.05, 4.69) is 4.74 Å². The van der Waals surface area contributed by atoms with Gasteiger partial charge in [-0.1, -0.05) is 48.5 Å². The Bertz CT molecular complexity index is 738. The molecule has 1 N–H and O–H groups in total. The molecule has 0 amide bonds. The standard InChI is InChI=1S/C18H16O6/c1-23-15(19)11-13-9-5-6-10-14(13)24-18(22)16(17(20)21)12-7-3-2-4-8-12/h2-10,16H,11H2,1H3,(H,20,21)/t16-/m0/s1. The molecule has 6 nitrogen and oxygen atoms in total. The van der Waals surface area contributed by atoms with Gasteiger partial charge in [-0.05, 0) is 11.6 Å². The molecule has 0 spiro atoms. The number of carbonyl (C=O) groups excluding carboxylic acids is 2. The van der Waals surface area contributed by atoms with Crippen molar-refractivity contribution in [3.05, 3.63) is 65.7 Å². The number of ether oxygens (including phenoxy) is 2. The molecule has 6 heteroatoms. The second kappa shape index (κ2) is 7.92. The number of hydrogen-bond donors (Lipinski definition) is 1. The van der Waals surface area contributed by atoms with Crippen LogP contribution >= 0.6 is 0 Å². The topological polar surface area (TPSA) is 89.9 Å². The zero-order valence-electron chi connectivity index (χ0n) is 13.0. The average Bonchev–Trinajstić information content (AvgIpc) is 2.57. The first kappa shape index (κ1) is 17.2. The van der Waals surface area contributed by atoms with E-state index < -0.39 is 23.8 Å². The van der Waals surface area contributed by atoms with Crippen LogP contribution in [0.4, 0.5) is 0 Å². The van der Waals surface area contributed by atoms with E-state index in [1.807, 2.05) is 0 Å². The molecule has 124 valence electrons. The van der Waals surface area contributed by atoms with Gasteiger partial charge in [0.15, 0.2) is 5.92 Å². The summed E-state index contributed by atoms with van der Waals surface area (Å²) in [5.74, 6) is -4.04. The lowest BCUT2D eigenvalue weighted by Gasteiger charge is -2.14. The van der Waals surface area contributed by atoms with E-state index in [1.54, 1.807) is 48.5 Å². The summed E-state index contributed by atoms with van der Waals surface area (Å²) in [5, 5.41) is 9.35. The van der Waals surface area contributed by atoms with Crippen LogP contribution in [-0.4, -0.2) is 30.1 Å². The van der Waals surface area contributed by atoms with Crippen molar-refractivity contribution in [3.8, 4) is 5.75 Å². The Morgan fingerprint density at radius 3 is 2.25 bits per heavy atom. The highest BCUT2D eigenvalue weighted by molar-refractivity contribution is 6.00. The molecule has 0 saturated carbocycles. The molecule has 0 bridgehead atoms. The van der Waals surface area contributed by atoms with Gasteiger partial charge in [0.25, 0.3) is 0 Å². The molecular weight excluding hydrogens is 312 g/mol. The molecule has 0 aliphatic rings. The molecular formula is C18H16O6. The predicted molar refractivity (Wildman–Crippen MR) is 84.6 cm³/mol. The van der Waals surface area contributed by atoms with Crippen LogP contribution in [0.15, 0.2) is 54.6 Å². The summed E-state index contributed by atoms with van der Waals surface area (Å²) in [6.07, 6.45) is -0.0803. The normalized spacial score (nSPS) is 11.4. The Hall–Kier alpha value is -3.15. The average molecular weight is 328 g/mol. The van der Waals surface area contributed by atoms with Gasteiger partial charge in [-0.25, -0.2) is 0 Å². The van der Waals surface area contributed by atoms with Crippen molar-refractivity contribution >= 4 is 17.9 Å². The molecule has 0 aliphatic heterocycles. The number of carbonyl (C=O) groups is 3. The van der Waals surface area contributed by atoms with Gasteiger partial charge in [-0.3, -0.25) is 14.4 Å². The van der Waals surface area contributed by atoms with E-state index in [1.165, 1.54) is 13.2 Å². The summed E-state index contributed by atoms with van der Waals surface area (Å²) in [7, 11) is 1.26. The summed E-state index contributed by atoms with van der Waals surface area (Å²) in [6, 6.07) is 14.5. The highest BCUT2D eigenvalue weighted by Crippen LogP contribution is 2.23. The van der Waals surface area contributed by atoms with E-state index in [0.717, 1.165) is 0 Å². The van der Waals surface area contributed by atoms with Crippen molar-refractivity contribution in [1.82, 2.24) is 0 Å². The summed E-state index contributed by atoms with van der Waals surface area (Å²) < 4.78 is 9.84. The molecule has 2 aromatic rings. The third-order valence-corrected chi connectivity index (χ3v) is 3.36. The molecule has 0 aliphatic carbocycles. The largest absolute Gasteiger partial charge is 0.480 e. The maximum absolute atomic E-state index is 12.3. The molecule has 24 heavy (non-hydrogen) atoms. The minimum absolute atomic E-state index is 0.0803. The van der Waals surface area contributed by atoms with E-state index in [-0.39, 0.29) is 12.2 Å². The quantitative estimate of drug-likeness (QED) is 0.496. The zero-order valence-corrected chi connectivity index (χ0v) is 13.0. The molecule has 0 aromatic heterocycles. The van der Waals surface area contributed by atoms with Gasteiger partial charge >= 0.3 is 17.9 Å². The molecule has 1 atom stereocenters. The van der Waals surface area contributed by atoms with Crippen LogP contribution in [0, 0.1) is 0 Å². The minimum Gasteiger partial charge on any atom is -0.480 e. The Kier molecular flexibility index (Phi) is 5.68. The number of para-hydroxylation sites is 1. The summed E-state index contributed by atoms with van der Waals surface area (Å²) >= 11 is 0. The Balaban J connectivity index is 2.25. The zero-order chi connectivity index (χ0) is 17.5. The number of esters is 2. The van der Waals surface area contributed by atoms with Gasteiger partial charge in [-0.2, -0.15) is 0 Å². The number of carboxylic acids is 1. The SMILES string of the molecule is COC(=O)Cc1ccccc1OC(=O)[C@H](C(=O)O)c1ccccc1. The maximum atomic E-state index is 12.3. The number of carboxylic acid groups (broad SMARTS) is 1. The molecule has 0 saturated heterocycles. The number of aliphatic carboxylic acids is 1. The molecule has 0 heterocycles. The Labute approximate surface area is 138 Å². The van der Waals surface area contributed by atoms with Crippen LogP contribution in [0.3, 0.4) is 0 Å². The number of rotatable bonds is 6. The van der Waals surface area contributed by atoms with Gasteiger partial charge < -0.3 is 14.6 Å². The lowest BCUT2D eigenvalue weighted by Crippen LogP contribution is -2.26. The smallest absolute Gasteiger partial charge is 0.330 e. The fraction of sp³-hybridized carbons (Fsp3) is 0.167. The van der Waals surface area contributed by atoms with Crippen LogP contribution < -0.4 is 4.74 Å². The monoisotopic (exact) mass is 328 g/mol. The third kappa shape index (κ3) is 4.19. The second-order valence-electron chi connectivity index (χ2n) is 4.96. The Morgan fingerprint density at radius 1 is 1.00 bits per heavy atom. The Morgan fingerprint density at radius 2 is 1.62 bits per heavy atom. The van der Waals surface area contributed by atoms with Crippen LogP contribution in [0.25, 0.3) is 0 Å². The van der Waals surface area contributed by atoms with E-state index in [0.29, 0.717) is 11.1 Å². The maximum Gasteiger partial charge on any atom is 0.330 e. The number of benzene rings is 2. The van der Waals surface area contributed by atoms with Gasteiger partial charge in [-0.15, -0.1) is 0 Å². The van der Waals surface area contributed by atoms with Gasteiger partial charge in [0.05, 0.1) is 13.5 Å². The molecule has 2 aromatic carbocycles. The summed E-state index contributed by atoms with van der Waals surface area (Å²) in [4.78, 5) is 35.2. The lowest BCUT2D eigenvalue weighted by atomic mass is 9.99. The first-order valence-corrected chi connectivity index (χ1v) is 7.17. The molecule has 0 fully saturated rings.